The van der Waals surface area contributed by atoms with Gasteiger partial charge in [0.05, 0.1) is 13.2 Å². The standard InChI is InChI=1S/C14H19NO2/c1-2-8-17-9-7-15-6-5-13-10-12(11-16)3-4-14(13)15/h3-6,10,16H,2,7-9,11H2,1H3. The number of hydrogen-bond acceptors (Lipinski definition) is 2. The Morgan fingerprint density at radius 2 is 2.12 bits per heavy atom. The van der Waals surface area contributed by atoms with Gasteiger partial charge in [0.2, 0.25) is 0 Å². The lowest BCUT2D eigenvalue weighted by Gasteiger charge is -2.06. The Labute approximate surface area is 102 Å². The second kappa shape index (κ2) is 5.84. The third-order valence-electron chi connectivity index (χ3n) is 2.84. The first kappa shape index (κ1) is 12.1. The Morgan fingerprint density at radius 3 is 2.88 bits per heavy atom. The summed E-state index contributed by atoms with van der Waals surface area (Å²) < 4.78 is 7.68. The molecule has 3 heteroatoms. The number of rotatable bonds is 6. The van der Waals surface area contributed by atoms with E-state index in [2.05, 4.69) is 29.8 Å². The molecule has 0 unspecified atom stereocenters. The summed E-state index contributed by atoms with van der Waals surface area (Å²) >= 11 is 0. The monoisotopic (exact) mass is 233 g/mol. The number of ether oxygens (including phenoxy) is 1. The van der Waals surface area contributed by atoms with Gasteiger partial charge in [0.1, 0.15) is 0 Å². The fraction of sp³-hybridized carbons (Fsp3) is 0.429. The van der Waals surface area contributed by atoms with Gasteiger partial charge in [-0.05, 0) is 35.6 Å². The first-order chi connectivity index (χ1) is 8.35. The highest BCUT2D eigenvalue weighted by Gasteiger charge is 2.01. The number of nitrogens with zero attached hydrogens (tertiary/aromatic N) is 1. The SMILES string of the molecule is CCCOCCn1ccc2cc(CO)ccc21. The normalized spacial score (nSPS) is 11.2. The van der Waals surface area contributed by atoms with Gasteiger partial charge in [0.15, 0.2) is 0 Å². The molecule has 92 valence electrons. The summed E-state index contributed by atoms with van der Waals surface area (Å²) in [7, 11) is 0. The number of aliphatic hydroxyl groups is 1. The third-order valence-corrected chi connectivity index (χ3v) is 2.84. The third kappa shape index (κ3) is 2.87. The molecular weight excluding hydrogens is 214 g/mol. The van der Waals surface area contributed by atoms with Gasteiger partial charge in [-0.2, -0.15) is 0 Å². The van der Waals surface area contributed by atoms with E-state index in [1.165, 1.54) is 10.9 Å². The van der Waals surface area contributed by atoms with Crippen molar-refractivity contribution in [2.45, 2.75) is 26.5 Å². The summed E-state index contributed by atoms with van der Waals surface area (Å²) in [5, 5.41) is 10.3. The minimum Gasteiger partial charge on any atom is -0.392 e. The zero-order valence-corrected chi connectivity index (χ0v) is 10.2. The van der Waals surface area contributed by atoms with Crippen LogP contribution in [0.2, 0.25) is 0 Å². The predicted molar refractivity (Wildman–Crippen MR) is 69.0 cm³/mol. The van der Waals surface area contributed by atoms with Crippen LogP contribution in [-0.4, -0.2) is 22.9 Å². The van der Waals surface area contributed by atoms with Crippen LogP contribution in [0.25, 0.3) is 10.9 Å². The van der Waals surface area contributed by atoms with E-state index in [9.17, 15) is 0 Å². The topological polar surface area (TPSA) is 34.4 Å². The zero-order chi connectivity index (χ0) is 12.1. The molecule has 0 saturated heterocycles. The number of hydrogen-bond donors (Lipinski definition) is 1. The van der Waals surface area contributed by atoms with Gasteiger partial charge in [-0.25, -0.2) is 0 Å². The lowest BCUT2D eigenvalue weighted by molar-refractivity contribution is 0.127. The fourth-order valence-corrected chi connectivity index (χ4v) is 1.95. The molecule has 3 nitrogen and oxygen atoms in total. The molecule has 0 amide bonds. The van der Waals surface area contributed by atoms with Crippen LogP contribution in [0.4, 0.5) is 0 Å². The van der Waals surface area contributed by atoms with E-state index in [1.54, 1.807) is 0 Å². The van der Waals surface area contributed by atoms with Crippen LogP contribution in [-0.2, 0) is 17.9 Å². The highest BCUT2D eigenvalue weighted by atomic mass is 16.5. The Morgan fingerprint density at radius 1 is 1.24 bits per heavy atom. The van der Waals surface area contributed by atoms with Gasteiger partial charge in [0.25, 0.3) is 0 Å². The van der Waals surface area contributed by atoms with Gasteiger partial charge < -0.3 is 14.4 Å². The summed E-state index contributed by atoms with van der Waals surface area (Å²) in [5.41, 5.74) is 2.15. The Balaban J connectivity index is 2.08. The van der Waals surface area contributed by atoms with E-state index in [0.29, 0.717) is 0 Å². The number of benzene rings is 1. The first-order valence-electron chi connectivity index (χ1n) is 6.11. The second-order valence-electron chi connectivity index (χ2n) is 4.17. The molecule has 0 radical (unpaired) electrons. The average Bonchev–Trinajstić information content (AvgIpc) is 2.77. The van der Waals surface area contributed by atoms with Crippen molar-refractivity contribution in [3.63, 3.8) is 0 Å². The van der Waals surface area contributed by atoms with E-state index >= 15 is 0 Å². The van der Waals surface area contributed by atoms with E-state index in [0.717, 1.165) is 31.7 Å². The van der Waals surface area contributed by atoms with E-state index < -0.39 is 0 Å². The molecule has 0 aliphatic carbocycles. The molecule has 1 N–H and O–H groups in total. The number of fused-ring (bicyclic) bond motifs is 1. The molecule has 2 aromatic rings. The molecule has 0 aliphatic heterocycles. The number of aromatic nitrogens is 1. The van der Waals surface area contributed by atoms with Crippen LogP contribution < -0.4 is 0 Å². The van der Waals surface area contributed by atoms with Gasteiger partial charge in [-0.15, -0.1) is 0 Å². The van der Waals surface area contributed by atoms with Crippen molar-refractivity contribution in [1.29, 1.82) is 0 Å². The van der Waals surface area contributed by atoms with Crippen LogP contribution in [0.15, 0.2) is 30.5 Å². The van der Waals surface area contributed by atoms with Crippen molar-refractivity contribution in [1.82, 2.24) is 4.57 Å². The quantitative estimate of drug-likeness (QED) is 0.778. The van der Waals surface area contributed by atoms with Gasteiger partial charge in [0, 0.05) is 24.9 Å². The van der Waals surface area contributed by atoms with Crippen molar-refractivity contribution in [3.8, 4) is 0 Å². The number of aliphatic hydroxyl groups excluding tert-OH is 1. The molecule has 1 aromatic carbocycles. The van der Waals surface area contributed by atoms with Gasteiger partial charge in [-0.3, -0.25) is 0 Å². The van der Waals surface area contributed by atoms with Gasteiger partial charge in [-0.1, -0.05) is 13.0 Å². The molecule has 0 atom stereocenters. The van der Waals surface area contributed by atoms with Crippen LogP contribution >= 0.6 is 0 Å². The van der Waals surface area contributed by atoms with Crippen molar-refractivity contribution in [3.05, 3.63) is 36.0 Å². The molecule has 1 heterocycles. The minimum absolute atomic E-state index is 0.0979. The molecule has 0 bridgehead atoms. The van der Waals surface area contributed by atoms with Crippen molar-refractivity contribution < 1.29 is 9.84 Å². The van der Waals surface area contributed by atoms with Crippen molar-refractivity contribution >= 4 is 10.9 Å². The molecule has 17 heavy (non-hydrogen) atoms. The molecular formula is C14H19NO2. The predicted octanol–water partition coefficient (Wildman–Crippen LogP) is 2.56. The average molecular weight is 233 g/mol. The highest BCUT2D eigenvalue weighted by Crippen LogP contribution is 2.17. The lowest BCUT2D eigenvalue weighted by atomic mass is 10.2. The maximum Gasteiger partial charge on any atom is 0.0682 e. The summed E-state index contributed by atoms with van der Waals surface area (Å²) in [6, 6.07) is 8.12. The smallest absolute Gasteiger partial charge is 0.0682 e. The zero-order valence-electron chi connectivity index (χ0n) is 10.2. The molecule has 0 fully saturated rings. The van der Waals surface area contributed by atoms with Crippen LogP contribution in [0, 0.1) is 0 Å². The lowest BCUT2D eigenvalue weighted by Crippen LogP contribution is -2.05. The summed E-state index contributed by atoms with van der Waals surface area (Å²) in [6.07, 6.45) is 3.13. The Bertz CT molecular complexity index is 476. The Hall–Kier alpha value is -1.32. The molecule has 1 aromatic heterocycles. The van der Waals surface area contributed by atoms with E-state index in [4.69, 9.17) is 9.84 Å². The first-order valence-corrected chi connectivity index (χ1v) is 6.11. The second-order valence-corrected chi connectivity index (χ2v) is 4.17. The fourth-order valence-electron chi connectivity index (χ4n) is 1.95. The maximum absolute atomic E-state index is 9.08. The molecule has 2 rings (SSSR count). The largest absolute Gasteiger partial charge is 0.392 e. The van der Waals surface area contributed by atoms with Crippen molar-refractivity contribution in [2.75, 3.05) is 13.2 Å². The maximum atomic E-state index is 9.08. The van der Waals surface area contributed by atoms with Crippen molar-refractivity contribution in [2.24, 2.45) is 0 Å². The summed E-state index contributed by atoms with van der Waals surface area (Å²) in [5.74, 6) is 0. The highest BCUT2D eigenvalue weighted by molar-refractivity contribution is 5.80. The molecule has 0 spiro atoms. The van der Waals surface area contributed by atoms with E-state index in [1.807, 2.05) is 12.1 Å². The van der Waals surface area contributed by atoms with Crippen LogP contribution in [0.5, 0.6) is 0 Å². The molecule has 0 aliphatic rings. The van der Waals surface area contributed by atoms with Crippen LogP contribution in [0.3, 0.4) is 0 Å². The molecule has 0 saturated carbocycles. The van der Waals surface area contributed by atoms with Gasteiger partial charge >= 0.3 is 0 Å². The summed E-state index contributed by atoms with van der Waals surface area (Å²) in [4.78, 5) is 0. The minimum atomic E-state index is 0.0979. The Kier molecular flexibility index (Phi) is 4.18. The van der Waals surface area contributed by atoms with E-state index in [-0.39, 0.29) is 6.61 Å². The van der Waals surface area contributed by atoms with Crippen LogP contribution in [0.1, 0.15) is 18.9 Å². The summed E-state index contributed by atoms with van der Waals surface area (Å²) in [6.45, 7) is 4.66.